The molecule has 0 saturated carbocycles. The Kier molecular flexibility index (Phi) is 2.53. The standard InChI is InChI=1S/C9H18NO/c1-3-4-6-9(2)7-5-8-10(9)11/h8,11H,3-7H2,1-2H3/q+1. The summed E-state index contributed by atoms with van der Waals surface area (Å²) < 4.78 is 1.41. The van der Waals surface area contributed by atoms with E-state index in [1.165, 1.54) is 17.6 Å². The van der Waals surface area contributed by atoms with Gasteiger partial charge >= 0.3 is 0 Å². The number of hydrogen-bond donors (Lipinski definition) is 1. The number of rotatable bonds is 3. The van der Waals surface area contributed by atoms with Crippen LogP contribution >= 0.6 is 0 Å². The van der Waals surface area contributed by atoms with Crippen LogP contribution in [0.15, 0.2) is 0 Å². The summed E-state index contributed by atoms with van der Waals surface area (Å²) in [4.78, 5) is 0. The van der Waals surface area contributed by atoms with E-state index < -0.39 is 0 Å². The van der Waals surface area contributed by atoms with Crippen LogP contribution in [0.25, 0.3) is 0 Å². The lowest BCUT2D eigenvalue weighted by Gasteiger charge is -2.15. The second-order valence-corrected chi connectivity index (χ2v) is 3.67. The minimum absolute atomic E-state index is 0.0377. The summed E-state index contributed by atoms with van der Waals surface area (Å²) >= 11 is 0. The Morgan fingerprint density at radius 1 is 1.64 bits per heavy atom. The molecule has 1 heterocycles. The van der Waals surface area contributed by atoms with Crippen molar-refractivity contribution in [3.05, 3.63) is 0 Å². The molecule has 11 heavy (non-hydrogen) atoms. The summed E-state index contributed by atoms with van der Waals surface area (Å²) in [7, 11) is 0. The lowest BCUT2D eigenvalue weighted by Crippen LogP contribution is -2.33. The molecule has 0 bridgehead atoms. The van der Waals surface area contributed by atoms with Gasteiger partial charge in [0.1, 0.15) is 0 Å². The summed E-state index contributed by atoms with van der Waals surface area (Å²) in [5.41, 5.74) is 0.0377. The molecule has 0 aromatic heterocycles. The minimum atomic E-state index is 0.0377. The van der Waals surface area contributed by atoms with Gasteiger partial charge in [0.15, 0.2) is 6.21 Å². The molecule has 1 unspecified atom stereocenters. The molecule has 1 aliphatic rings. The molecular weight excluding hydrogens is 138 g/mol. The summed E-state index contributed by atoms with van der Waals surface area (Å²) in [6, 6.07) is 0. The summed E-state index contributed by atoms with van der Waals surface area (Å²) in [5.74, 6) is 0. The summed E-state index contributed by atoms with van der Waals surface area (Å²) in [6.07, 6.45) is 7.54. The van der Waals surface area contributed by atoms with Crippen molar-refractivity contribution in [3.8, 4) is 0 Å². The van der Waals surface area contributed by atoms with Gasteiger partial charge in [0, 0.05) is 26.2 Å². The SMILES string of the molecule is CCCCC1(C)CCC=[N+]1O. The molecular formula is C9H18NO+. The second kappa shape index (κ2) is 3.24. The fourth-order valence-electron chi connectivity index (χ4n) is 1.63. The third-order valence-electron chi connectivity index (χ3n) is 2.61. The van der Waals surface area contributed by atoms with E-state index in [4.69, 9.17) is 0 Å². The number of unbranched alkanes of at least 4 members (excludes halogenated alkanes) is 1. The molecule has 0 amide bonds. The zero-order valence-electron chi connectivity index (χ0n) is 7.51. The van der Waals surface area contributed by atoms with Gasteiger partial charge in [-0.25, -0.2) is 0 Å². The van der Waals surface area contributed by atoms with Gasteiger partial charge in [-0.1, -0.05) is 13.3 Å². The second-order valence-electron chi connectivity index (χ2n) is 3.67. The van der Waals surface area contributed by atoms with Gasteiger partial charge < -0.3 is 0 Å². The molecule has 2 nitrogen and oxygen atoms in total. The highest BCUT2D eigenvalue weighted by molar-refractivity contribution is 5.53. The maximum absolute atomic E-state index is 9.45. The first kappa shape index (κ1) is 8.57. The van der Waals surface area contributed by atoms with E-state index in [2.05, 4.69) is 13.8 Å². The molecule has 0 aromatic carbocycles. The van der Waals surface area contributed by atoms with Gasteiger partial charge in [0.2, 0.25) is 5.54 Å². The highest BCUT2D eigenvalue weighted by Gasteiger charge is 2.40. The third-order valence-corrected chi connectivity index (χ3v) is 2.61. The molecule has 1 N–H and O–H groups in total. The van der Waals surface area contributed by atoms with Crippen molar-refractivity contribution in [2.75, 3.05) is 0 Å². The molecule has 0 aromatic rings. The van der Waals surface area contributed by atoms with Crippen LogP contribution in [0.2, 0.25) is 0 Å². The number of hydroxylamine groups is 1. The van der Waals surface area contributed by atoms with Gasteiger partial charge in [-0.15, -0.1) is 0 Å². The van der Waals surface area contributed by atoms with Crippen molar-refractivity contribution in [2.24, 2.45) is 0 Å². The molecule has 64 valence electrons. The fraction of sp³-hybridized carbons (Fsp3) is 0.889. The van der Waals surface area contributed by atoms with E-state index in [9.17, 15) is 5.21 Å². The molecule has 1 aliphatic heterocycles. The lowest BCUT2D eigenvalue weighted by atomic mass is 9.93. The minimum Gasteiger partial charge on any atom is -0.291 e. The van der Waals surface area contributed by atoms with Crippen molar-refractivity contribution in [1.29, 1.82) is 0 Å². The van der Waals surface area contributed by atoms with E-state index in [-0.39, 0.29) is 5.54 Å². The van der Waals surface area contributed by atoms with Gasteiger partial charge in [0.25, 0.3) is 0 Å². The number of nitrogens with zero attached hydrogens (tertiary/aromatic N) is 1. The Balaban J connectivity index is 2.46. The predicted molar refractivity (Wildman–Crippen MR) is 45.3 cm³/mol. The molecule has 0 spiro atoms. The number of hydrogen-bond acceptors (Lipinski definition) is 1. The van der Waals surface area contributed by atoms with Crippen LogP contribution in [0.4, 0.5) is 0 Å². The zero-order chi connectivity index (χ0) is 8.32. The molecule has 0 fully saturated rings. The van der Waals surface area contributed by atoms with E-state index >= 15 is 0 Å². The van der Waals surface area contributed by atoms with Crippen LogP contribution in [0.1, 0.15) is 46.0 Å². The summed E-state index contributed by atoms with van der Waals surface area (Å²) in [5, 5.41) is 9.45. The highest BCUT2D eigenvalue weighted by Crippen LogP contribution is 2.26. The van der Waals surface area contributed by atoms with Gasteiger partial charge in [-0.2, -0.15) is 0 Å². The Bertz CT molecular complexity index is 165. The van der Waals surface area contributed by atoms with Crippen molar-refractivity contribution in [1.82, 2.24) is 0 Å². The van der Waals surface area contributed by atoms with E-state index in [0.717, 1.165) is 19.3 Å². The van der Waals surface area contributed by atoms with Crippen molar-refractivity contribution >= 4 is 6.21 Å². The molecule has 1 rings (SSSR count). The van der Waals surface area contributed by atoms with Gasteiger partial charge in [-0.05, 0) is 11.2 Å². The smallest absolute Gasteiger partial charge is 0.208 e. The van der Waals surface area contributed by atoms with Crippen LogP contribution < -0.4 is 0 Å². The van der Waals surface area contributed by atoms with Crippen molar-refractivity contribution < 1.29 is 9.95 Å². The van der Waals surface area contributed by atoms with Crippen LogP contribution in [0, 0.1) is 0 Å². The maximum Gasteiger partial charge on any atom is 0.208 e. The normalized spacial score (nSPS) is 30.5. The largest absolute Gasteiger partial charge is 0.291 e. The monoisotopic (exact) mass is 156 g/mol. The highest BCUT2D eigenvalue weighted by atomic mass is 16.5. The van der Waals surface area contributed by atoms with Crippen LogP contribution in [-0.4, -0.2) is 21.7 Å². The Hall–Kier alpha value is -0.530. The average Bonchev–Trinajstić information content (AvgIpc) is 2.30. The van der Waals surface area contributed by atoms with Crippen LogP contribution in [0.5, 0.6) is 0 Å². The zero-order valence-corrected chi connectivity index (χ0v) is 7.51. The lowest BCUT2D eigenvalue weighted by molar-refractivity contribution is -0.817. The molecule has 0 aliphatic carbocycles. The van der Waals surface area contributed by atoms with Crippen molar-refractivity contribution in [3.63, 3.8) is 0 Å². The first-order valence-corrected chi connectivity index (χ1v) is 4.50. The Morgan fingerprint density at radius 3 is 2.82 bits per heavy atom. The van der Waals surface area contributed by atoms with Crippen LogP contribution in [0.3, 0.4) is 0 Å². The first-order valence-electron chi connectivity index (χ1n) is 4.50. The van der Waals surface area contributed by atoms with Crippen LogP contribution in [-0.2, 0) is 0 Å². The quantitative estimate of drug-likeness (QED) is 0.491. The molecule has 0 saturated heterocycles. The first-order chi connectivity index (χ1) is 5.19. The Labute approximate surface area is 68.5 Å². The van der Waals surface area contributed by atoms with Crippen molar-refractivity contribution in [2.45, 2.75) is 51.5 Å². The summed E-state index contributed by atoms with van der Waals surface area (Å²) in [6.45, 7) is 4.32. The average molecular weight is 156 g/mol. The molecule has 2 heteroatoms. The maximum atomic E-state index is 9.45. The van der Waals surface area contributed by atoms with E-state index in [1.54, 1.807) is 0 Å². The third kappa shape index (κ3) is 1.73. The predicted octanol–water partition coefficient (Wildman–Crippen LogP) is 2.20. The topological polar surface area (TPSA) is 23.2 Å². The molecule has 1 atom stereocenters. The molecule has 0 radical (unpaired) electrons. The fourth-order valence-corrected chi connectivity index (χ4v) is 1.63. The van der Waals surface area contributed by atoms with E-state index in [1.807, 2.05) is 6.21 Å². The van der Waals surface area contributed by atoms with Gasteiger partial charge in [-0.3, -0.25) is 5.21 Å². The Morgan fingerprint density at radius 2 is 2.36 bits per heavy atom. The van der Waals surface area contributed by atoms with E-state index in [0.29, 0.717) is 0 Å². The van der Waals surface area contributed by atoms with Gasteiger partial charge in [0.05, 0.1) is 0 Å².